The molecule has 2 aromatic carbocycles. The third kappa shape index (κ3) is 5.32. The number of aryl methyl sites for hydroxylation is 1. The van der Waals surface area contributed by atoms with Crippen LogP contribution in [0.15, 0.2) is 47.4 Å². The van der Waals surface area contributed by atoms with E-state index in [1.807, 2.05) is 6.92 Å². The molecule has 2 heterocycles. The van der Waals surface area contributed by atoms with Gasteiger partial charge in [-0.3, -0.25) is 14.6 Å². The molecular formula is C22H24FN3O4S2. The number of sulfone groups is 1. The number of anilines is 1. The maximum Gasteiger partial charge on any atom is 0.244 e. The van der Waals surface area contributed by atoms with Gasteiger partial charge >= 0.3 is 0 Å². The molecule has 1 fully saturated rings. The Bertz CT molecular complexity index is 1210. The molecule has 4 rings (SSSR count). The molecule has 1 aromatic heterocycles. The first kappa shape index (κ1) is 22.8. The summed E-state index contributed by atoms with van der Waals surface area (Å²) in [5, 5.41) is 0.364. The van der Waals surface area contributed by atoms with Crippen LogP contribution in [0.1, 0.15) is 5.56 Å². The Morgan fingerprint density at radius 3 is 2.62 bits per heavy atom. The molecule has 0 bridgehead atoms. The zero-order valence-corrected chi connectivity index (χ0v) is 19.3. The van der Waals surface area contributed by atoms with E-state index in [4.69, 9.17) is 4.74 Å². The quantitative estimate of drug-likeness (QED) is 0.521. The second-order valence-electron chi connectivity index (χ2n) is 7.68. The molecule has 7 nitrogen and oxygen atoms in total. The van der Waals surface area contributed by atoms with Crippen molar-refractivity contribution in [1.29, 1.82) is 0 Å². The zero-order chi connectivity index (χ0) is 22.7. The minimum atomic E-state index is -3.82. The van der Waals surface area contributed by atoms with Gasteiger partial charge in [0.1, 0.15) is 11.6 Å². The molecule has 0 atom stereocenters. The van der Waals surface area contributed by atoms with Crippen molar-refractivity contribution < 1.29 is 22.3 Å². The fourth-order valence-electron chi connectivity index (χ4n) is 3.46. The van der Waals surface area contributed by atoms with Crippen molar-refractivity contribution in [2.75, 3.05) is 50.0 Å². The highest BCUT2D eigenvalue weighted by Gasteiger charge is 2.27. The lowest BCUT2D eigenvalue weighted by Crippen LogP contribution is -2.44. The SMILES string of the molecule is Cc1ccc(S(=O)(=O)CC(=O)N(CCN2CCOCC2)c2nc3ccc(F)cc3s2)cc1. The summed E-state index contributed by atoms with van der Waals surface area (Å²) in [6.07, 6.45) is 0. The van der Waals surface area contributed by atoms with Gasteiger partial charge in [-0.2, -0.15) is 0 Å². The predicted molar refractivity (Wildman–Crippen MR) is 122 cm³/mol. The van der Waals surface area contributed by atoms with Crippen molar-refractivity contribution in [3.05, 3.63) is 53.8 Å². The molecule has 32 heavy (non-hydrogen) atoms. The summed E-state index contributed by atoms with van der Waals surface area (Å²) in [5.41, 5.74) is 1.50. The molecule has 0 unspecified atom stereocenters. The minimum Gasteiger partial charge on any atom is -0.379 e. The summed E-state index contributed by atoms with van der Waals surface area (Å²) in [4.78, 5) is 21.4. The number of rotatable bonds is 7. The molecule has 0 aliphatic carbocycles. The van der Waals surface area contributed by atoms with Crippen molar-refractivity contribution in [3.8, 4) is 0 Å². The number of morpholine rings is 1. The number of hydrogen-bond acceptors (Lipinski definition) is 7. The first-order chi connectivity index (χ1) is 15.3. The molecule has 10 heteroatoms. The fraction of sp³-hybridized carbons (Fsp3) is 0.364. The molecule has 0 spiro atoms. The van der Waals surface area contributed by atoms with Gasteiger partial charge in [-0.1, -0.05) is 29.0 Å². The van der Waals surface area contributed by atoms with Crippen LogP contribution in [-0.2, 0) is 19.4 Å². The first-order valence-electron chi connectivity index (χ1n) is 10.3. The number of ether oxygens (including phenoxy) is 1. The van der Waals surface area contributed by atoms with Gasteiger partial charge in [0.25, 0.3) is 0 Å². The Morgan fingerprint density at radius 2 is 1.91 bits per heavy atom. The van der Waals surface area contributed by atoms with Crippen LogP contribution in [0.5, 0.6) is 0 Å². The van der Waals surface area contributed by atoms with Crippen LogP contribution in [0.4, 0.5) is 9.52 Å². The number of nitrogens with zero attached hydrogens (tertiary/aromatic N) is 3. The van der Waals surface area contributed by atoms with Crippen LogP contribution >= 0.6 is 11.3 Å². The van der Waals surface area contributed by atoms with Gasteiger partial charge < -0.3 is 4.74 Å². The third-order valence-corrected chi connectivity index (χ3v) is 7.97. The minimum absolute atomic E-state index is 0.107. The molecule has 0 saturated carbocycles. The summed E-state index contributed by atoms with van der Waals surface area (Å²) < 4.78 is 45.3. The van der Waals surface area contributed by atoms with E-state index in [0.29, 0.717) is 35.1 Å². The maximum atomic E-state index is 13.6. The van der Waals surface area contributed by atoms with E-state index < -0.39 is 21.5 Å². The van der Waals surface area contributed by atoms with E-state index >= 15 is 0 Å². The number of thiazole rings is 1. The summed E-state index contributed by atoms with van der Waals surface area (Å²) >= 11 is 1.17. The molecule has 0 N–H and O–H groups in total. The zero-order valence-electron chi connectivity index (χ0n) is 17.7. The number of hydrogen-bond donors (Lipinski definition) is 0. The van der Waals surface area contributed by atoms with Crippen molar-refractivity contribution in [2.24, 2.45) is 0 Å². The molecule has 170 valence electrons. The Labute approximate surface area is 190 Å². The Morgan fingerprint density at radius 1 is 1.19 bits per heavy atom. The lowest BCUT2D eigenvalue weighted by atomic mass is 10.2. The fourth-order valence-corrected chi connectivity index (χ4v) is 5.70. The maximum absolute atomic E-state index is 13.6. The van der Waals surface area contributed by atoms with Crippen molar-refractivity contribution in [2.45, 2.75) is 11.8 Å². The van der Waals surface area contributed by atoms with Gasteiger partial charge in [-0.05, 0) is 37.3 Å². The average molecular weight is 478 g/mol. The lowest BCUT2D eigenvalue weighted by Gasteiger charge is -2.29. The van der Waals surface area contributed by atoms with Crippen LogP contribution in [0.2, 0.25) is 0 Å². The molecular weight excluding hydrogens is 453 g/mol. The van der Waals surface area contributed by atoms with Crippen molar-refractivity contribution >= 4 is 42.4 Å². The largest absolute Gasteiger partial charge is 0.379 e. The third-order valence-electron chi connectivity index (χ3n) is 5.31. The Hall–Kier alpha value is -2.40. The molecule has 1 aliphatic rings. The second kappa shape index (κ2) is 9.62. The molecule has 0 radical (unpaired) electrons. The van der Waals surface area contributed by atoms with E-state index in [1.54, 1.807) is 18.2 Å². The monoisotopic (exact) mass is 477 g/mol. The Balaban J connectivity index is 1.59. The average Bonchev–Trinajstić information content (AvgIpc) is 3.17. The summed E-state index contributed by atoms with van der Waals surface area (Å²) in [6.45, 7) is 5.44. The predicted octanol–water partition coefficient (Wildman–Crippen LogP) is 2.88. The number of carbonyl (C=O) groups is 1. The number of amides is 1. The summed E-state index contributed by atoms with van der Waals surface area (Å²) in [5.74, 6) is -1.61. The standard InChI is InChI=1S/C22H24FN3O4S2/c1-16-2-5-18(6-3-16)32(28,29)15-21(27)26(9-8-25-10-12-30-13-11-25)22-24-19-7-4-17(23)14-20(19)31-22/h2-7,14H,8-13,15H2,1H3. The van der Waals surface area contributed by atoms with Gasteiger partial charge in [-0.25, -0.2) is 17.8 Å². The van der Waals surface area contributed by atoms with Gasteiger partial charge in [0, 0.05) is 26.2 Å². The topological polar surface area (TPSA) is 79.8 Å². The van der Waals surface area contributed by atoms with E-state index in [9.17, 15) is 17.6 Å². The molecule has 3 aromatic rings. The van der Waals surface area contributed by atoms with Gasteiger partial charge in [0.05, 0.1) is 28.3 Å². The van der Waals surface area contributed by atoms with E-state index in [-0.39, 0.29) is 17.3 Å². The smallest absolute Gasteiger partial charge is 0.244 e. The van der Waals surface area contributed by atoms with Crippen molar-refractivity contribution in [1.82, 2.24) is 9.88 Å². The number of fused-ring (bicyclic) bond motifs is 1. The number of carbonyl (C=O) groups excluding carboxylic acids is 1. The molecule has 1 saturated heterocycles. The first-order valence-corrected chi connectivity index (χ1v) is 12.7. The van der Waals surface area contributed by atoms with Crippen LogP contribution in [0.25, 0.3) is 10.2 Å². The van der Waals surface area contributed by atoms with E-state index in [1.165, 1.54) is 40.5 Å². The number of benzene rings is 2. The summed E-state index contributed by atoms with van der Waals surface area (Å²) in [6, 6.07) is 10.7. The normalized spacial score (nSPS) is 15.2. The van der Waals surface area contributed by atoms with Crippen LogP contribution in [0.3, 0.4) is 0 Å². The number of halogens is 1. The van der Waals surface area contributed by atoms with E-state index in [2.05, 4.69) is 9.88 Å². The lowest BCUT2D eigenvalue weighted by molar-refractivity contribution is -0.116. The highest BCUT2D eigenvalue weighted by molar-refractivity contribution is 7.92. The summed E-state index contributed by atoms with van der Waals surface area (Å²) in [7, 11) is -3.82. The molecule has 1 amide bonds. The Kier molecular flexibility index (Phi) is 6.85. The van der Waals surface area contributed by atoms with Gasteiger partial charge in [0.2, 0.25) is 5.91 Å². The van der Waals surface area contributed by atoms with Crippen LogP contribution in [-0.4, -0.2) is 69.4 Å². The van der Waals surface area contributed by atoms with E-state index in [0.717, 1.165) is 18.7 Å². The highest BCUT2D eigenvalue weighted by Crippen LogP contribution is 2.30. The van der Waals surface area contributed by atoms with Crippen LogP contribution in [0, 0.1) is 12.7 Å². The van der Waals surface area contributed by atoms with Crippen LogP contribution < -0.4 is 4.90 Å². The molecule has 1 aliphatic heterocycles. The van der Waals surface area contributed by atoms with Gasteiger partial charge in [0.15, 0.2) is 15.0 Å². The van der Waals surface area contributed by atoms with Gasteiger partial charge in [-0.15, -0.1) is 0 Å². The number of aromatic nitrogens is 1. The van der Waals surface area contributed by atoms with Crippen molar-refractivity contribution in [3.63, 3.8) is 0 Å². The second-order valence-corrected chi connectivity index (χ2v) is 10.7. The highest BCUT2D eigenvalue weighted by atomic mass is 32.2.